The van der Waals surface area contributed by atoms with Gasteiger partial charge >= 0.3 is 0 Å². The van der Waals surface area contributed by atoms with Crippen LogP contribution in [0.3, 0.4) is 0 Å². The molecule has 1 aromatic heterocycles. The summed E-state index contributed by atoms with van der Waals surface area (Å²) in [7, 11) is 1.61. The van der Waals surface area contributed by atoms with Gasteiger partial charge in [-0.25, -0.2) is 4.98 Å². The van der Waals surface area contributed by atoms with Crippen molar-refractivity contribution < 1.29 is 14.3 Å². The van der Waals surface area contributed by atoms with Gasteiger partial charge in [-0.2, -0.15) is 0 Å². The molecule has 0 aliphatic rings. The van der Waals surface area contributed by atoms with E-state index in [2.05, 4.69) is 10.3 Å². The number of methoxy groups -OCH3 is 1. The molecule has 1 N–H and O–H groups in total. The van der Waals surface area contributed by atoms with Crippen molar-refractivity contribution in [1.82, 2.24) is 14.5 Å². The lowest BCUT2D eigenvalue weighted by Crippen LogP contribution is -2.40. The van der Waals surface area contributed by atoms with Gasteiger partial charge in [-0.15, -0.1) is 0 Å². The Kier molecular flexibility index (Phi) is 8.93. The monoisotopic (exact) mass is 496 g/mol. The maximum atomic E-state index is 13.1. The Labute approximate surface area is 212 Å². The Morgan fingerprint density at radius 1 is 1.03 bits per heavy atom. The van der Waals surface area contributed by atoms with Gasteiger partial charge in [0.05, 0.1) is 19.3 Å². The molecule has 35 heavy (non-hydrogen) atoms. The van der Waals surface area contributed by atoms with Crippen molar-refractivity contribution in [1.29, 1.82) is 0 Å². The summed E-state index contributed by atoms with van der Waals surface area (Å²) >= 11 is 6.04. The molecular formula is C27H33ClN4O3. The van der Waals surface area contributed by atoms with Crippen LogP contribution in [-0.4, -0.2) is 46.5 Å². The molecule has 0 saturated heterocycles. The quantitative estimate of drug-likeness (QED) is 0.392. The Hall–Kier alpha value is -3.32. The maximum Gasteiger partial charge on any atom is 0.246 e. The molecule has 0 spiro atoms. The molecule has 0 fully saturated rings. The molecule has 0 saturated carbocycles. The van der Waals surface area contributed by atoms with Crippen LogP contribution >= 0.6 is 11.6 Å². The van der Waals surface area contributed by atoms with Crippen molar-refractivity contribution in [2.45, 2.75) is 34.1 Å². The molecule has 186 valence electrons. The third-order valence-corrected chi connectivity index (χ3v) is 5.56. The SMILES string of the molecule is COc1ccc(-n2cc(-c3ccc(Cl)cc3)nc2NC(=O)CN(CC(C)C)C(=O)CC(C)C)cc1. The minimum absolute atomic E-state index is 0.0239. The highest BCUT2D eigenvalue weighted by atomic mass is 35.5. The zero-order chi connectivity index (χ0) is 25.5. The van der Waals surface area contributed by atoms with Crippen LogP contribution in [0.25, 0.3) is 16.9 Å². The van der Waals surface area contributed by atoms with Gasteiger partial charge in [0, 0.05) is 35.4 Å². The lowest BCUT2D eigenvalue weighted by Gasteiger charge is -2.25. The van der Waals surface area contributed by atoms with Crippen molar-refractivity contribution in [2.24, 2.45) is 11.8 Å². The molecule has 8 heteroatoms. The molecule has 0 unspecified atom stereocenters. The van der Waals surface area contributed by atoms with E-state index in [4.69, 9.17) is 16.3 Å². The van der Waals surface area contributed by atoms with Crippen molar-refractivity contribution in [2.75, 3.05) is 25.5 Å². The van der Waals surface area contributed by atoms with Crippen LogP contribution in [0.15, 0.2) is 54.7 Å². The molecule has 0 radical (unpaired) electrons. The van der Waals surface area contributed by atoms with Gasteiger partial charge in [-0.3, -0.25) is 19.5 Å². The summed E-state index contributed by atoms with van der Waals surface area (Å²) in [6, 6.07) is 14.8. The van der Waals surface area contributed by atoms with Crippen LogP contribution in [0.1, 0.15) is 34.1 Å². The molecule has 0 bridgehead atoms. The molecule has 7 nitrogen and oxygen atoms in total. The molecule has 2 amide bonds. The van der Waals surface area contributed by atoms with Gasteiger partial charge in [0.1, 0.15) is 5.75 Å². The summed E-state index contributed by atoms with van der Waals surface area (Å²) in [6.45, 7) is 8.53. The second-order valence-electron chi connectivity index (χ2n) is 9.34. The maximum absolute atomic E-state index is 13.1. The van der Waals surface area contributed by atoms with E-state index in [1.807, 2.05) is 74.9 Å². The van der Waals surface area contributed by atoms with E-state index in [0.29, 0.717) is 29.6 Å². The number of nitrogens with zero attached hydrogens (tertiary/aromatic N) is 3. The molecule has 2 aromatic carbocycles. The van der Waals surface area contributed by atoms with Gasteiger partial charge in [-0.1, -0.05) is 51.4 Å². The summed E-state index contributed by atoms with van der Waals surface area (Å²) in [6.07, 6.45) is 2.26. The van der Waals surface area contributed by atoms with E-state index < -0.39 is 0 Å². The highest BCUT2D eigenvalue weighted by Crippen LogP contribution is 2.26. The highest BCUT2D eigenvalue weighted by Gasteiger charge is 2.21. The number of hydrogen-bond donors (Lipinski definition) is 1. The van der Waals surface area contributed by atoms with Crippen molar-refractivity contribution in [3.05, 3.63) is 59.8 Å². The van der Waals surface area contributed by atoms with Gasteiger partial charge < -0.3 is 9.64 Å². The molecule has 3 rings (SSSR count). The third kappa shape index (κ3) is 7.33. The minimum Gasteiger partial charge on any atom is -0.497 e. The summed E-state index contributed by atoms with van der Waals surface area (Å²) in [5.74, 6) is 1.24. The topological polar surface area (TPSA) is 76.5 Å². The van der Waals surface area contributed by atoms with Crippen LogP contribution in [-0.2, 0) is 9.59 Å². The Morgan fingerprint density at radius 3 is 2.26 bits per heavy atom. The Morgan fingerprint density at radius 2 is 1.69 bits per heavy atom. The number of imidazole rings is 1. The van der Waals surface area contributed by atoms with E-state index in [1.54, 1.807) is 24.1 Å². The Bertz CT molecular complexity index is 1140. The average molecular weight is 497 g/mol. The first-order valence-corrected chi connectivity index (χ1v) is 12.1. The summed E-state index contributed by atoms with van der Waals surface area (Å²) in [5.41, 5.74) is 2.36. The number of aromatic nitrogens is 2. The minimum atomic E-state index is -0.300. The highest BCUT2D eigenvalue weighted by molar-refractivity contribution is 6.30. The second-order valence-corrected chi connectivity index (χ2v) is 9.78. The predicted octanol–water partition coefficient (Wildman–Crippen LogP) is 5.67. The molecule has 0 aliphatic heterocycles. The van der Waals surface area contributed by atoms with Gasteiger partial charge in [0.15, 0.2) is 0 Å². The summed E-state index contributed by atoms with van der Waals surface area (Å²) in [5, 5.41) is 3.55. The van der Waals surface area contributed by atoms with Crippen molar-refractivity contribution in [3.63, 3.8) is 0 Å². The number of ether oxygens (including phenoxy) is 1. The number of carbonyl (C=O) groups is 2. The number of halogens is 1. The first kappa shape index (κ1) is 26.3. The van der Waals surface area contributed by atoms with E-state index in [0.717, 1.165) is 17.0 Å². The fraction of sp³-hybridized carbons (Fsp3) is 0.370. The largest absolute Gasteiger partial charge is 0.497 e. The van der Waals surface area contributed by atoms with Crippen molar-refractivity contribution >= 4 is 29.4 Å². The number of rotatable bonds is 10. The zero-order valence-electron chi connectivity index (χ0n) is 20.9. The number of benzene rings is 2. The number of carbonyl (C=O) groups excluding carboxylic acids is 2. The lowest BCUT2D eigenvalue weighted by atomic mass is 10.1. The van der Waals surface area contributed by atoms with E-state index in [9.17, 15) is 9.59 Å². The molecule has 1 heterocycles. The van der Waals surface area contributed by atoms with Crippen LogP contribution in [0.5, 0.6) is 5.75 Å². The van der Waals surface area contributed by atoms with Gasteiger partial charge in [-0.05, 0) is 48.2 Å². The number of anilines is 1. The van der Waals surface area contributed by atoms with Gasteiger partial charge in [0.2, 0.25) is 17.8 Å². The van der Waals surface area contributed by atoms with Crippen LogP contribution in [0, 0.1) is 11.8 Å². The van der Waals surface area contributed by atoms with E-state index in [1.165, 1.54) is 0 Å². The second kappa shape index (κ2) is 11.9. The fourth-order valence-corrected chi connectivity index (χ4v) is 3.81. The standard InChI is InChI=1S/C27H33ClN4O3/c1-18(2)14-26(34)31(15-19(3)4)17-25(33)30-27-29-24(20-6-8-21(28)9-7-20)16-32(27)22-10-12-23(35-5)13-11-22/h6-13,16,18-19H,14-15,17H2,1-5H3,(H,29,30,33). The molecule has 0 aliphatic carbocycles. The van der Waals surface area contributed by atoms with Crippen LogP contribution in [0.2, 0.25) is 5.02 Å². The summed E-state index contributed by atoms with van der Waals surface area (Å²) < 4.78 is 7.08. The molecule has 0 atom stereocenters. The average Bonchev–Trinajstić information content (AvgIpc) is 3.21. The number of hydrogen-bond acceptors (Lipinski definition) is 4. The fourth-order valence-electron chi connectivity index (χ4n) is 3.68. The molecule has 3 aromatic rings. The number of amides is 2. The smallest absolute Gasteiger partial charge is 0.246 e. The normalized spacial score (nSPS) is 11.1. The van der Waals surface area contributed by atoms with Crippen LogP contribution in [0.4, 0.5) is 5.95 Å². The van der Waals surface area contributed by atoms with E-state index in [-0.39, 0.29) is 30.2 Å². The first-order valence-electron chi connectivity index (χ1n) is 11.7. The zero-order valence-corrected chi connectivity index (χ0v) is 21.7. The third-order valence-electron chi connectivity index (χ3n) is 5.30. The van der Waals surface area contributed by atoms with Crippen LogP contribution < -0.4 is 10.1 Å². The van der Waals surface area contributed by atoms with E-state index >= 15 is 0 Å². The van der Waals surface area contributed by atoms with Crippen molar-refractivity contribution in [3.8, 4) is 22.7 Å². The lowest BCUT2D eigenvalue weighted by molar-refractivity contribution is -0.135. The molecular weight excluding hydrogens is 464 g/mol. The number of nitrogens with one attached hydrogen (secondary N) is 1. The summed E-state index contributed by atoms with van der Waals surface area (Å²) in [4.78, 5) is 32.1. The Balaban J connectivity index is 1.89. The van der Waals surface area contributed by atoms with Gasteiger partial charge in [0.25, 0.3) is 0 Å². The first-order chi connectivity index (χ1) is 16.7. The predicted molar refractivity (Wildman–Crippen MR) is 140 cm³/mol.